The molecule has 0 atom stereocenters. The van der Waals surface area contributed by atoms with Gasteiger partial charge in [-0.3, -0.25) is 0 Å². The van der Waals surface area contributed by atoms with Crippen LogP contribution in [0.2, 0.25) is 5.02 Å². The molecule has 0 radical (unpaired) electrons. The van der Waals surface area contributed by atoms with Gasteiger partial charge in [-0.25, -0.2) is 0 Å². The van der Waals surface area contributed by atoms with Crippen LogP contribution in [0.3, 0.4) is 0 Å². The molecule has 0 unspecified atom stereocenters. The molecule has 0 fully saturated rings. The minimum atomic E-state index is -4.71. The van der Waals surface area contributed by atoms with E-state index in [2.05, 4.69) is 0 Å². The van der Waals surface area contributed by atoms with Crippen molar-refractivity contribution in [2.24, 2.45) is 0 Å². The minimum Gasteiger partial charge on any atom is -0.167 e. The maximum Gasteiger partial charge on any atom is 0.431 e. The van der Waals surface area contributed by atoms with Crippen LogP contribution >= 0.6 is 46.6 Å². The van der Waals surface area contributed by atoms with Crippen molar-refractivity contribution in [2.75, 3.05) is 0 Å². The lowest BCUT2D eigenvalue weighted by Crippen LogP contribution is -2.30. The van der Waals surface area contributed by atoms with Gasteiger partial charge < -0.3 is 0 Å². The third-order valence-electron chi connectivity index (χ3n) is 1.37. The summed E-state index contributed by atoms with van der Waals surface area (Å²) in [5.74, 6) is 0. The molecule has 0 nitrogen and oxygen atoms in total. The maximum absolute atomic E-state index is 12.3. The van der Waals surface area contributed by atoms with E-state index < -0.39 is 9.84 Å². The van der Waals surface area contributed by atoms with Crippen molar-refractivity contribution in [2.45, 2.75) is 14.7 Å². The van der Waals surface area contributed by atoms with Crippen LogP contribution in [0.15, 0.2) is 29.2 Å². The van der Waals surface area contributed by atoms with Gasteiger partial charge >= 0.3 is 6.18 Å². The Morgan fingerprint density at radius 2 is 1.73 bits per heavy atom. The van der Waals surface area contributed by atoms with Crippen molar-refractivity contribution in [3.05, 3.63) is 29.3 Å². The molecule has 15 heavy (non-hydrogen) atoms. The molecule has 0 amide bonds. The number of hydrogen-bond acceptors (Lipinski definition) is 1. The molecule has 1 aromatic rings. The topological polar surface area (TPSA) is 0 Å². The first-order valence-corrected chi connectivity index (χ1v) is 5.56. The van der Waals surface area contributed by atoms with Crippen molar-refractivity contribution in [1.29, 1.82) is 0 Å². The molecular weight excluding hydrogens is 292 g/mol. The normalized spacial score (nSPS) is 12.9. The maximum atomic E-state index is 12.3. The molecule has 0 saturated carbocycles. The number of alkyl halides is 5. The van der Waals surface area contributed by atoms with Gasteiger partial charge in [-0.2, -0.15) is 13.2 Å². The number of thioether (sulfide) groups is 1. The monoisotopic (exact) mass is 294 g/mol. The Morgan fingerprint density at radius 3 is 2.20 bits per heavy atom. The lowest BCUT2D eigenvalue weighted by atomic mass is 10.4. The van der Waals surface area contributed by atoms with Crippen LogP contribution in [0.4, 0.5) is 13.2 Å². The van der Waals surface area contributed by atoms with Crippen LogP contribution in [0.5, 0.6) is 0 Å². The second kappa shape index (κ2) is 4.62. The van der Waals surface area contributed by atoms with Gasteiger partial charge in [0.2, 0.25) is 0 Å². The van der Waals surface area contributed by atoms with Gasteiger partial charge in [-0.1, -0.05) is 52.6 Å². The first-order valence-electron chi connectivity index (χ1n) is 3.61. The summed E-state index contributed by atoms with van der Waals surface area (Å²) in [6.07, 6.45) is -4.71. The first kappa shape index (κ1) is 13.3. The van der Waals surface area contributed by atoms with Crippen molar-refractivity contribution in [3.63, 3.8) is 0 Å². The highest BCUT2D eigenvalue weighted by Crippen LogP contribution is 2.51. The van der Waals surface area contributed by atoms with E-state index in [0.29, 0.717) is 5.02 Å². The van der Waals surface area contributed by atoms with Gasteiger partial charge in [-0.15, -0.1) is 0 Å². The van der Waals surface area contributed by atoms with Crippen molar-refractivity contribution in [1.82, 2.24) is 0 Å². The van der Waals surface area contributed by atoms with Gasteiger partial charge in [0.25, 0.3) is 3.67 Å². The molecule has 0 saturated heterocycles. The van der Waals surface area contributed by atoms with E-state index >= 15 is 0 Å². The third kappa shape index (κ3) is 3.63. The van der Waals surface area contributed by atoms with Crippen molar-refractivity contribution in [3.8, 4) is 0 Å². The highest BCUT2D eigenvalue weighted by molar-refractivity contribution is 8.03. The molecule has 0 heterocycles. The number of hydrogen-bond donors (Lipinski definition) is 0. The highest BCUT2D eigenvalue weighted by Gasteiger charge is 2.53. The minimum absolute atomic E-state index is 0.254. The molecule has 0 aromatic heterocycles. The molecule has 0 aliphatic rings. The second-order valence-corrected chi connectivity index (χ2v) is 6.07. The molecular formula is C8H4Cl3F3S. The Morgan fingerprint density at radius 1 is 1.13 bits per heavy atom. The van der Waals surface area contributed by atoms with E-state index in [-0.39, 0.29) is 16.7 Å². The fourth-order valence-electron chi connectivity index (χ4n) is 0.736. The Hall–Kier alpha value is 0.230. The van der Waals surface area contributed by atoms with Crippen LogP contribution in [-0.4, -0.2) is 9.84 Å². The lowest BCUT2D eigenvalue weighted by Gasteiger charge is -2.21. The smallest absolute Gasteiger partial charge is 0.167 e. The third-order valence-corrected chi connectivity index (χ3v) is 3.48. The van der Waals surface area contributed by atoms with E-state index in [9.17, 15) is 13.2 Å². The summed E-state index contributed by atoms with van der Waals surface area (Å²) in [5.41, 5.74) is 0. The summed E-state index contributed by atoms with van der Waals surface area (Å²) in [5, 5.41) is 0.325. The van der Waals surface area contributed by atoms with Crippen LogP contribution in [0.1, 0.15) is 0 Å². The zero-order valence-corrected chi connectivity index (χ0v) is 10.1. The Balaban J connectivity index is 2.87. The summed E-state index contributed by atoms with van der Waals surface area (Å²) in [6, 6.07) is 5.87. The Kier molecular flexibility index (Phi) is 4.09. The molecule has 0 aliphatic carbocycles. The predicted molar refractivity (Wildman–Crippen MR) is 57.8 cm³/mol. The summed E-state index contributed by atoms with van der Waals surface area (Å²) >= 11 is 16.2. The molecule has 0 N–H and O–H groups in total. The number of halogens is 6. The van der Waals surface area contributed by atoms with Crippen LogP contribution in [0, 0.1) is 0 Å². The summed E-state index contributed by atoms with van der Waals surface area (Å²) in [7, 11) is 0. The number of benzene rings is 1. The molecule has 0 aliphatic heterocycles. The summed E-state index contributed by atoms with van der Waals surface area (Å²) in [6.45, 7) is 0. The van der Waals surface area contributed by atoms with Crippen LogP contribution in [-0.2, 0) is 0 Å². The standard InChI is InChI=1S/C8H4Cl3F3S/c9-5-2-1-3-6(4-5)15-7(10,11)8(12,13)14/h1-4H. The predicted octanol–water partition coefficient (Wildman–Crippen LogP) is 5.13. The molecule has 84 valence electrons. The van der Waals surface area contributed by atoms with Crippen molar-refractivity contribution < 1.29 is 13.2 Å². The average molecular weight is 296 g/mol. The summed E-state index contributed by atoms with van der Waals surface area (Å²) in [4.78, 5) is 0.254. The van der Waals surface area contributed by atoms with Gasteiger partial charge in [0.15, 0.2) is 0 Å². The molecule has 0 bridgehead atoms. The Labute approximate surface area is 104 Å². The zero-order chi connectivity index (χ0) is 11.7. The average Bonchev–Trinajstić information content (AvgIpc) is 2.00. The quantitative estimate of drug-likeness (QED) is 0.538. The van der Waals surface area contributed by atoms with Crippen molar-refractivity contribution >= 4 is 46.6 Å². The SMILES string of the molecule is FC(F)(F)C(Cl)(Cl)Sc1cccc(Cl)c1. The second-order valence-electron chi connectivity index (χ2n) is 2.57. The van der Waals surface area contributed by atoms with Gasteiger partial charge in [0.1, 0.15) is 0 Å². The van der Waals surface area contributed by atoms with E-state index in [4.69, 9.17) is 34.8 Å². The molecule has 1 rings (SSSR count). The first-order chi connectivity index (χ1) is 6.72. The fraction of sp³-hybridized carbons (Fsp3) is 0.250. The largest absolute Gasteiger partial charge is 0.431 e. The number of rotatable bonds is 2. The molecule has 0 spiro atoms. The summed E-state index contributed by atoms with van der Waals surface area (Å²) < 4.78 is 34.0. The van der Waals surface area contributed by atoms with Gasteiger partial charge in [0.05, 0.1) is 0 Å². The van der Waals surface area contributed by atoms with E-state index in [1.54, 1.807) is 6.07 Å². The molecule has 1 aromatic carbocycles. The fourth-order valence-corrected chi connectivity index (χ4v) is 2.27. The van der Waals surface area contributed by atoms with Gasteiger partial charge in [0, 0.05) is 9.92 Å². The molecule has 7 heteroatoms. The highest BCUT2D eigenvalue weighted by atomic mass is 35.5. The van der Waals surface area contributed by atoms with Gasteiger partial charge in [-0.05, 0) is 18.2 Å². The van der Waals surface area contributed by atoms with E-state index in [0.717, 1.165) is 0 Å². The lowest BCUT2D eigenvalue weighted by molar-refractivity contribution is -0.122. The Bertz CT molecular complexity index is 351. The van der Waals surface area contributed by atoms with E-state index in [1.165, 1.54) is 18.2 Å². The van der Waals surface area contributed by atoms with E-state index in [1.807, 2.05) is 0 Å². The van der Waals surface area contributed by atoms with Crippen LogP contribution in [0.25, 0.3) is 0 Å². The van der Waals surface area contributed by atoms with Crippen LogP contribution < -0.4 is 0 Å². The zero-order valence-electron chi connectivity index (χ0n) is 6.99.